The van der Waals surface area contributed by atoms with Crippen molar-refractivity contribution in [1.82, 2.24) is 20.5 Å². The van der Waals surface area contributed by atoms with Gasteiger partial charge in [0.05, 0.1) is 0 Å². The largest absolute Gasteiger partial charge is 0.477 e. The lowest BCUT2D eigenvalue weighted by Gasteiger charge is -2.49. The molecule has 226 valence electrons. The van der Waals surface area contributed by atoms with Gasteiger partial charge in [0.25, 0.3) is 17.4 Å². The minimum Gasteiger partial charge on any atom is -0.477 e. The molecule has 2 unspecified atom stereocenters. The van der Waals surface area contributed by atoms with Crippen molar-refractivity contribution >= 4 is 41.4 Å². The van der Waals surface area contributed by atoms with Gasteiger partial charge < -0.3 is 25.5 Å². The maximum atomic E-state index is 13.6. The lowest BCUT2D eigenvalue weighted by molar-refractivity contribution is -0.151. The Morgan fingerprint density at radius 1 is 1.05 bits per heavy atom. The summed E-state index contributed by atoms with van der Waals surface area (Å²) in [5.41, 5.74) is 1.87. The van der Waals surface area contributed by atoms with E-state index in [9.17, 15) is 33.9 Å². The third-order valence-corrected chi connectivity index (χ3v) is 8.52. The molecular formula is C31H28N4O8S. The van der Waals surface area contributed by atoms with Crippen molar-refractivity contribution in [1.29, 1.82) is 0 Å². The Hall–Kier alpha value is -5.17. The van der Waals surface area contributed by atoms with Crippen molar-refractivity contribution in [3.63, 3.8) is 0 Å². The van der Waals surface area contributed by atoms with E-state index in [-0.39, 0.29) is 29.2 Å². The fourth-order valence-electron chi connectivity index (χ4n) is 4.93. The quantitative estimate of drug-likeness (QED) is 0.207. The van der Waals surface area contributed by atoms with Gasteiger partial charge >= 0.3 is 11.9 Å². The van der Waals surface area contributed by atoms with Crippen molar-refractivity contribution in [2.45, 2.75) is 31.3 Å². The Morgan fingerprint density at radius 3 is 2.39 bits per heavy atom. The van der Waals surface area contributed by atoms with Crippen LogP contribution in [0.4, 0.5) is 0 Å². The molecule has 0 spiro atoms. The highest BCUT2D eigenvalue weighted by Crippen LogP contribution is 2.40. The lowest BCUT2D eigenvalue weighted by Crippen LogP contribution is -2.71. The summed E-state index contributed by atoms with van der Waals surface area (Å²) in [4.78, 5) is 79.8. The minimum atomic E-state index is -1.36. The number of H-pyrrole nitrogens is 1. The maximum absolute atomic E-state index is 13.6. The van der Waals surface area contributed by atoms with E-state index in [1.807, 2.05) is 31.2 Å². The van der Waals surface area contributed by atoms with Gasteiger partial charge in [0.2, 0.25) is 5.91 Å². The van der Waals surface area contributed by atoms with E-state index < -0.39 is 52.7 Å². The molecule has 1 fully saturated rings. The summed E-state index contributed by atoms with van der Waals surface area (Å²) >= 11 is 1.21. The number of β-lactam (4-membered cyclic amide) rings is 1. The van der Waals surface area contributed by atoms with Gasteiger partial charge in [0.1, 0.15) is 35.3 Å². The summed E-state index contributed by atoms with van der Waals surface area (Å²) in [7, 11) is 0. The van der Waals surface area contributed by atoms with Crippen molar-refractivity contribution in [2.75, 3.05) is 12.4 Å². The zero-order chi connectivity index (χ0) is 31.5. The number of aliphatic carboxylic acids is 1. The number of pyridine rings is 1. The molecule has 3 amide bonds. The van der Waals surface area contributed by atoms with Crippen LogP contribution in [0.25, 0.3) is 11.3 Å². The van der Waals surface area contributed by atoms with Gasteiger partial charge in [0, 0.05) is 23.9 Å². The van der Waals surface area contributed by atoms with E-state index >= 15 is 0 Å². The third kappa shape index (κ3) is 6.13. The molecule has 1 saturated heterocycles. The van der Waals surface area contributed by atoms with Gasteiger partial charge in [0.15, 0.2) is 0 Å². The Bertz CT molecular complexity index is 1740. The molecule has 3 aromatic rings. The van der Waals surface area contributed by atoms with Crippen molar-refractivity contribution in [3.8, 4) is 11.3 Å². The SMILES string of the molecule is CC(=O)OCC1=C(C(=O)O)N2C(=O)C(NC(=O)C(NC(=O)c3ccc(-c4ccc(C)cc4)[nH]c3=O)c3ccccc3)[C@@H]2SC1. The summed E-state index contributed by atoms with van der Waals surface area (Å²) in [6.45, 7) is 2.86. The van der Waals surface area contributed by atoms with E-state index in [1.165, 1.54) is 24.8 Å². The predicted molar refractivity (Wildman–Crippen MR) is 160 cm³/mol. The van der Waals surface area contributed by atoms with E-state index in [2.05, 4.69) is 15.6 Å². The molecule has 0 aliphatic carbocycles. The molecule has 3 heterocycles. The number of carboxylic acid groups (broad SMARTS) is 1. The molecule has 3 atom stereocenters. The molecule has 13 heteroatoms. The first kappa shape index (κ1) is 30.3. The number of esters is 1. The van der Waals surface area contributed by atoms with Gasteiger partial charge in [-0.1, -0.05) is 60.2 Å². The molecule has 2 aliphatic heterocycles. The number of ether oxygens (including phenoxy) is 1. The number of rotatable bonds is 9. The highest BCUT2D eigenvalue weighted by molar-refractivity contribution is 8.00. The molecular weight excluding hydrogens is 588 g/mol. The Kier molecular flexibility index (Phi) is 8.67. The van der Waals surface area contributed by atoms with Crippen LogP contribution in [0, 0.1) is 6.92 Å². The van der Waals surface area contributed by atoms with E-state index in [1.54, 1.807) is 36.4 Å². The molecule has 0 radical (unpaired) electrons. The number of thioether (sulfide) groups is 1. The van der Waals surface area contributed by atoms with Gasteiger partial charge in [-0.3, -0.25) is 28.9 Å². The number of aryl methyl sites for hydroxylation is 1. The first-order valence-electron chi connectivity index (χ1n) is 13.5. The van der Waals surface area contributed by atoms with Crippen molar-refractivity contribution in [3.05, 3.63) is 105 Å². The van der Waals surface area contributed by atoms with E-state index in [0.717, 1.165) is 16.0 Å². The number of aromatic amines is 1. The van der Waals surface area contributed by atoms with Gasteiger partial charge in [-0.05, 0) is 30.2 Å². The average molecular weight is 617 g/mol. The van der Waals surface area contributed by atoms with Crippen molar-refractivity contribution in [2.24, 2.45) is 0 Å². The summed E-state index contributed by atoms with van der Waals surface area (Å²) in [5.74, 6) is -3.96. The molecule has 5 rings (SSSR count). The van der Waals surface area contributed by atoms with E-state index in [4.69, 9.17) is 4.74 Å². The maximum Gasteiger partial charge on any atom is 0.352 e. The fourth-order valence-corrected chi connectivity index (χ4v) is 6.26. The monoisotopic (exact) mass is 616 g/mol. The van der Waals surface area contributed by atoms with Crippen LogP contribution < -0.4 is 16.2 Å². The van der Waals surface area contributed by atoms with Crippen LogP contribution in [-0.4, -0.2) is 68.4 Å². The van der Waals surface area contributed by atoms with Gasteiger partial charge in [-0.25, -0.2) is 4.79 Å². The molecule has 12 nitrogen and oxygen atoms in total. The topological polar surface area (TPSA) is 175 Å². The van der Waals surface area contributed by atoms with Crippen LogP contribution in [0.2, 0.25) is 0 Å². The molecule has 4 N–H and O–H groups in total. The van der Waals surface area contributed by atoms with Crippen LogP contribution >= 0.6 is 11.8 Å². The summed E-state index contributed by atoms with van der Waals surface area (Å²) in [6, 6.07) is 16.4. The van der Waals surface area contributed by atoms with Gasteiger partial charge in [-0.15, -0.1) is 11.8 Å². The van der Waals surface area contributed by atoms with Crippen LogP contribution in [0.15, 0.2) is 82.8 Å². The predicted octanol–water partition coefficient (Wildman–Crippen LogP) is 2.12. The third-order valence-electron chi connectivity index (χ3n) is 7.18. The normalized spacial score (nSPS) is 18.0. The zero-order valence-corrected chi connectivity index (χ0v) is 24.5. The second kappa shape index (κ2) is 12.6. The number of carbonyl (C=O) groups excluding carboxylic acids is 4. The fraction of sp³-hybridized carbons (Fsp3) is 0.226. The summed E-state index contributed by atoms with van der Waals surface area (Å²) < 4.78 is 4.95. The molecule has 0 bridgehead atoms. The number of amides is 3. The zero-order valence-electron chi connectivity index (χ0n) is 23.7. The smallest absolute Gasteiger partial charge is 0.352 e. The number of aromatic nitrogens is 1. The molecule has 44 heavy (non-hydrogen) atoms. The lowest BCUT2D eigenvalue weighted by atomic mass is 10.0. The van der Waals surface area contributed by atoms with Crippen LogP contribution in [0.5, 0.6) is 0 Å². The second-order valence-electron chi connectivity index (χ2n) is 10.2. The molecule has 0 saturated carbocycles. The first-order valence-corrected chi connectivity index (χ1v) is 14.6. The second-order valence-corrected chi connectivity index (χ2v) is 11.3. The molecule has 2 aromatic carbocycles. The number of benzene rings is 2. The molecule has 2 aliphatic rings. The molecule has 1 aromatic heterocycles. The highest BCUT2D eigenvalue weighted by atomic mass is 32.2. The number of nitrogens with one attached hydrogen (secondary N) is 3. The summed E-state index contributed by atoms with van der Waals surface area (Å²) in [6.07, 6.45) is 0. The first-order chi connectivity index (χ1) is 21.0. The number of hydrogen-bond acceptors (Lipinski definition) is 8. The van der Waals surface area contributed by atoms with Crippen LogP contribution in [0.3, 0.4) is 0 Å². The Labute approximate surface area is 255 Å². The van der Waals surface area contributed by atoms with Gasteiger partial charge in [-0.2, -0.15) is 0 Å². The Balaban J connectivity index is 1.34. The minimum absolute atomic E-state index is 0.163. The number of fused-ring (bicyclic) bond motifs is 1. The van der Waals surface area contributed by atoms with E-state index in [0.29, 0.717) is 11.3 Å². The number of nitrogens with zero attached hydrogens (tertiary/aromatic N) is 1. The number of hydrogen-bond donors (Lipinski definition) is 4. The number of carboxylic acids is 1. The standard InChI is InChI=1S/C31H28N4O8S/c1-16-8-10-18(11-9-16)22-13-12-21(26(37)32-22)27(38)33-23(19-6-4-3-5-7-19)28(39)34-24-29(40)35-25(31(41)42)20(14-43-17(2)36)15-44-30(24)35/h3-13,23-24,30H,14-15H2,1-2H3,(H,32,37)(H,33,38)(H,34,39)(H,41,42)/t23?,24?,30-/m0/s1. The highest BCUT2D eigenvalue weighted by Gasteiger charge is 2.54. The Morgan fingerprint density at radius 2 is 1.75 bits per heavy atom. The number of carbonyl (C=O) groups is 5. The summed E-state index contributed by atoms with van der Waals surface area (Å²) in [5, 5.41) is 14.3. The van der Waals surface area contributed by atoms with Crippen LogP contribution in [-0.2, 0) is 23.9 Å². The van der Waals surface area contributed by atoms with Crippen molar-refractivity contribution < 1.29 is 33.8 Å². The average Bonchev–Trinajstić information content (AvgIpc) is 3.01. The van der Waals surface area contributed by atoms with Crippen LogP contribution in [0.1, 0.15) is 34.5 Å².